The van der Waals surface area contributed by atoms with Crippen molar-refractivity contribution in [2.24, 2.45) is 10.4 Å². The Morgan fingerprint density at radius 1 is 1.54 bits per heavy atom. The molecule has 74 valence electrons. The monoisotopic (exact) mass is 181 g/mol. The van der Waals surface area contributed by atoms with Crippen LogP contribution in [0.3, 0.4) is 0 Å². The van der Waals surface area contributed by atoms with Crippen molar-refractivity contribution >= 4 is 5.96 Å². The molecule has 0 aromatic heterocycles. The van der Waals surface area contributed by atoms with Gasteiger partial charge in [-0.25, -0.2) is 0 Å². The van der Waals surface area contributed by atoms with Crippen molar-refractivity contribution in [3.8, 4) is 0 Å². The molecule has 1 atom stereocenters. The summed E-state index contributed by atoms with van der Waals surface area (Å²) in [5.74, 6) is 1.01. The van der Waals surface area contributed by atoms with Gasteiger partial charge in [0.25, 0.3) is 0 Å². The van der Waals surface area contributed by atoms with Gasteiger partial charge in [0.1, 0.15) is 0 Å². The first-order valence-electron chi connectivity index (χ1n) is 5.23. The lowest BCUT2D eigenvalue weighted by atomic mass is 9.87. The van der Waals surface area contributed by atoms with E-state index < -0.39 is 0 Å². The summed E-state index contributed by atoms with van der Waals surface area (Å²) in [6.45, 7) is 6.60. The first-order chi connectivity index (χ1) is 6.18. The van der Waals surface area contributed by atoms with E-state index in [2.05, 4.69) is 29.5 Å². The Kier molecular flexibility index (Phi) is 2.18. The van der Waals surface area contributed by atoms with E-state index in [9.17, 15) is 0 Å². The van der Waals surface area contributed by atoms with Crippen molar-refractivity contribution in [2.45, 2.75) is 39.2 Å². The number of aliphatic imine (C=N–C) groups is 1. The molecule has 0 aromatic rings. The highest BCUT2D eigenvalue weighted by atomic mass is 15.2. The van der Waals surface area contributed by atoms with Crippen LogP contribution in [0.5, 0.6) is 0 Å². The van der Waals surface area contributed by atoms with E-state index in [1.807, 2.05) is 0 Å². The van der Waals surface area contributed by atoms with Gasteiger partial charge in [0.15, 0.2) is 5.96 Å². The van der Waals surface area contributed by atoms with Gasteiger partial charge in [-0.3, -0.25) is 4.99 Å². The molecule has 1 fully saturated rings. The number of hydrogen-bond acceptors (Lipinski definition) is 3. The molecule has 1 saturated carbocycles. The van der Waals surface area contributed by atoms with Crippen LogP contribution >= 0.6 is 0 Å². The highest BCUT2D eigenvalue weighted by molar-refractivity contribution is 5.81. The number of rotatable bonds is 1. The minimum atomic E-state index is 0.437. The van der Waals surface area contributed by atoms with Gasteiger partial charge in [-0.1, -0.05) is 20.3 Å². The van der Waals surface area contributed by atoms with Crippen molar-refractivity contribution in [2.75, 3.05) is 13.1 Å². The predicted molar refractivity (Wildman–Crippen MR) is 54.9 cm³/mol. The number of nitrogens with zero attached hydrogens (tertiary/aromatic N) is 1. The van der Waals surface area contributed by atoms with E-state index >= 15 is 0 Å². The zero-order valence-electron chi connectivity index (χ0n) is 8.56. The van der Waals surface area contributed by atoms with Crippen molar-refractivity contribution in [1.29, 1.82) is 0 Å². The molecule has 13 heavy (non-hydrogen) atoms. The van der Waals surface area contributed by atoms with E-state index in [1.165, 1.54) is 19.3 Å². The van der Waals surface area contributed by atoms with Crippen LogP contribution in [-0.4, -0.2) is 25.1 Å². The van der Waals surface area contributed by atoms with E-state index in [1.54, 1.807) is 0 Å². The second kappa shape index (κ2) is 3.20. The van der Waals surface area contributed by atoms with Gasteiger partial charge in [0.2, 0.25) is 0 Å². The molecule has 1 aliphatic heterocycles. The van der Waals surface area contributed by atoms with Crippen molar-refractivity contribution in [3.05, 3.63) is 0 Å². The summed E-state index contributed by atoms with van der Waals surface area (Å²) >= 11 is 0. The molecule has 0 radical (unpaired) electrons. The lowest BCUT2D eigenvalue weighted by molar-refractivity contribution is 0.310. The Hall–Kier alpha value is -0.730. The van der Waals surface area contributed by atoms with Gasteiger partial charge < -0.3 is 10.6 Å². The third kappa shape index (κ3) is 1.79. The molecule has 1 aliphatic carbocycles. The number of nitrogens with one attached hydrogen (secondary N) is 2. The van der Waals surface area contributed by atoms with Crippen molar-refractivity contribution in [3.63, 3.8) is 0 Å². The van der Waals surface area contributed by atoms with E-state index in [-0.39, 0.29) is 0 Å². The molecule has 0 aromatic carbocycles. The van der Waals surface area contributed by atoms with Gasteiger partial charge in [-0.05, 0) is 18.3 Å². The maximum Gasteiger partial charge on any atom is 0.191 e. The Morgan fingerprint density at radius 2 is 2.38 bits per heavy atom. The molecular weight excluding hydrogens is 162 g/mol. The van der Waals surface area contributed by atoms with Crippen LogP contribution in [0.25, 0.3) is 0 Å². The largest absolute Gasteiger partial charge is 0.355 e. The summed E-state index contributed by atoms with van der Waals surface area (Å²) in [5.41, 5.74) is 0.437. The fraction of sp³-hybridized carbons (Fsp3) is 0.900. The second-order valence-electron chi connectivity index (χ2n) is 4.73. The summed E-state index contributed by atoms with van der Waals surface area (Å²) in [7, 11) is 0. The first-order valence-corrected chi connectivity index (χ1v) is 5.23. The van der Waals surface area contributed by atoms with Crippen LogP contribution in [-0.2, 0) is 0 Å². The molecule has 2 rings (SSSR count). The highest BCUT2D eigenvalue weighted by Gasteiger charge is 2.35. The van der Waals surface area contributed by atoms with Gasteiger partial charge in [-0.15, -0.1) is 0 Å². The van der Waals surface area contributed by atoms with Gasteiger partial charge >= 0.3 is 0 Å². The van der Waals surface area contributed by atoms with Gasteiger partial charge in [-0.2, -0.15) is 0 Å². The molecule has 0 bridgehead atoms. The predicted octanol–water partition coefficient (Wildman–Crippen LogP) is 1.11. The van der Waals surface area contributed by atoms with Crippen molar-refractivity contribution < 1.29 is 0 Å². The zero-order valence-corrected chi connectivity index (χ0v) is 8.56. The molecular formula is C10H19N3. The van der Waals surface area contributed by atoms with E-state index in [0.717, 1.165) is 19.0 Å². The zero-order chi connectivity index (χ0) is 9.31. The van der Waals surface area contributed by atoms with E-state index in [4.69, 9.17) is 0 Å². The third-order valence-electron chi connectivity index (χ3n) is 3.24. The topological polar surface area (TPSA) is 36.4 Å². The normalized spacial score (nSPS) is 31.2. The fourth-order valence-corrected chi connectivity index (χ4v) is 2.25. The fourth-order valence-electron chi connectivity index (χ4n) is 2.25. The lowest BCUT2D eigenvalue weighted by Gasteiger charge is -2.28. The molecule has 0 saturated heterocycles. The molecule has 2 N–H and O–H groups in total. The van der Waals surface area contributed by atoms with Crippen LogP contribution in [0.4, 0.5) is 0 Å². The number of guanidine groups is 1. The quantitative estimate of drug-likeness (QED) is 0.636. The van der Waals surface area contributed by atoms with Crippen LogP contribution in [0.15, 0.2) is 4.99 Å². The standard InChI is InChI=1S/C10H19N3/c1-10(2)5-3-4-8(10)13-9-11-6-7-12-9/h8H,3-7H2,1-2H3,(H2,11,12,13). The SMILES string of the molecule is CC1(C)CCCC1NC1=NCCN1. The van der Waals surface area contributed by atoms with E-state index in [0.29, 0.717) is 11.5 Å². The summed E-state index contributed by atoms with van der Waals surface area (Å²) < 4.78 is 0. The van der Waals surface area contributed by atoms with Gasteiger partial charge in [0.05, 0.1) is 6.54 Å². The number of hydrogen-bond donors (Lipinski definition) is 2. The molecule has 2 aliphatic rings. The first kappa shape index (κ1) is 8.85. The minimum absolute atomic E-state index is 0.437. The second-order valence-corrected chi connectivity index (χ2v) is 4.73. The summed E-state index contributed by atoms with van der Waals surface area (Å²) in [5, 5.41) is 6.77. The Balaban J connectivity index is 1.94. The van der Waals surface area contributed by atoms with Crippen LogP contribution in [0.2, 0.25) is 0 Å². The molecule has 3 nitrogen and oxygen atoms in total. The lowest BCUT2D eigenvalue weighted by Crippen LogP contribution is -2.45. The van der Waals surface area contributed by atoms with Crippen LogP contribution in [0, 0.1) is 5.41 Å². The van der Waals surface area contributed by atoms with Crippen LogP contribution in [0.1, 0.15) is 33.1 Å². The summed E-state index contributed by atoms with van der Waals surface area (Å²) in [6.07, 6.45) is 3.96. The molecule has 3 heteroatoms. The van der Waals surface area contributed by atoms with Crippen LogP contribution < -0.4 is 10.6 Å². The smallest absolute Gasteiger partial charge is 0.191 e. The van der Waals surface area contributed by atoms with Gasteiger partial charge in [0, 0.05) is 12.6 Å². The summed E-state index contributed by atoms with van der Waals surface area (Å²) in [4.78, 5) is 4.36. The maximum absolute atomic E-state index is 4.36. The highest BCUT2D eigenvalue weighted by Crippen LogP contribution is 2.37. The Bertz CT molecular complexity index is 220. The Morgan fingerprint density at radius 3 is 2.92 bits per heavy atom. The Labute approximate surface area is 80.0 Å². The third-order valence-corrected chi connectivity index (χ3v) is 3.24. The summed E-state index contributed by atoms with van der Waals surface area (Å²) in [6, 6.07) is 0.608. The average molecular weight is 181 g/mol. The average Bonchev–Trinajstić information content (AvgIpc) is 2.63. The molecule has 1 unspecified atom stereocenters. The molecule has 0 spiro atoms. The molecule has 0 amide bonds. The minimum Gasteiger partial charge on any atom is -0.355 e. The maximum atomic E-state index is 4.36. The van der Waals surface area contributed by atoms with Crippen molar-refractivity contribution in [1.82, 2.24) is 10.6 Å². The molecule has 1 heterocycles.